The van der Waals surface area contributed by atoms with Crippen LogP contribution in [-0.2, 0) is 11.8 Å². The van der Waals surface area contributed by atoms with Crippen molar-refractivity contribution >= 4 is 16.7 Å². The zero-order valence-corrected chi connectivity index (χ0v) is 15.3. The number of carbonyl (C=O) groups excluding carboxylic acids is 1. The van der Waals surface area contributed by atoms with Gasteiger partial charge in [-0.3, -0.25) is 0 Å². The number of imidazole rings is 1. The fourth-order valence-electron chi connectivity index (χ4n) is 2.35. The van der Waals surface area contributed by atoms with E-state index in [-0.39, 0.29) is 5.97 Å². The zero-order chi connectivity index (χ0) is 18.1. The lowest BCUT2D eigenvalue weighted by atomic mass is 9.99. The molecular weight excluding hydrogens is 300 g/mol. The SMILES string of the molecule is CC.CC.COC(=O)c1cc2ccccc2cc1-c1cncn1C. The Bertz CT molecular complexity index is 791. The second-order valence-electron chi connectivity index (χ2n) is 4.63. The number of benzene rings is 2. The number of ether oxygens (including phenoxy) is 1. The highest BCUT2D eigenvalue weighted by Crippen LogP contribution is 2.28. The lowest BCUT2D eigenvalue weighted by molar-refractivity contribution is 0.0602. The summed E-state index contributed by atoms with van der Waals surface area (Å²) in [7, 11) is 3.29. The molecule has 1 aromatic heterocycles. The van der Waals surface area contributed by atoms with Gasteiger partial charge in [0.15, 0.2) is 0 Å². The molecule has 0 N–H and O–H groups in total. The summed E-state index contributed by atoms with van der Waals surface area (Å²) in [6.45, 7) is 8.00. The molecule has 3 rings (SSSR count). The van der Waals surface area contributed by atoms with Crippen LogP contribution in [0.3, 0.4) is 0 Å². The average molecular weight is 326 g/mol. The Morgan fingerprint density at radius 3 is 2.12 bits per heavy atom. The molecule has 24 heavy (non-hydrogen) atoms. The minimum Gasteiger partial charge on any atom is -0.465 e. The van der Waals surface area contributed by atoms with E-state index in [0.717, 1.165) is 22.0 Å². The molecule has 1 heterocycles. The van der Waals surface area contributed by atoms with Crippen LogP contribution in [0.5, 0.6) is 0 Å². The Labute approximate surface area is 144 Å². The minimum atomic E-state index is -0.341. The van der Waals surface area contributed by atoms with Gasteiger partial charge in [-0.05, 0) is 22.9 Å². The molecule has 128 valence electrons. The summed E-state index contributed by atoms with van der Waals surface area (Å²) in [5.74, 6) is -0.341. The molecule has 0 aliphatic carbocycles. The summed E-state index contributed by atoms with van der Waals surface area (Å²) in [6.07, 6.45) is 3.46. The maximum atomic E-state index is 12.0. The first-order valence-corrected chi connectivity index (χ1v) is 8.28. The van der Waals surface area contributed by atoms with Crippen LogP contribution in [0.25, 0.3) is 22.0 Å². The Balaban J connectivity index is 0.000000671. The second kappa shape index (κ2) is 9.50. The van der Waals surface area contributed by atoms with Crippen molar-refractivity contribution in [3.8, 4) is 11.3 Å². The molecular formula is C20H26N2O2. The molecule has 0 aliphatic rings. The number of fused-ring (bicyclic) bond motifs is 1. The molecule has 0 bridgehead atoms. The molecule has 0 atom stereocenters. The number of rotatable bonds is 2. The number of methoxy groups -OCH3 is 1. The monoisotopic (exact) mass is 326 g/mol. The van der Waals surface area contributed by atoms with Crippen molar-refractivity contribution in [3.63, 3.8) is 0 Å². The van der Waals surface area contributed by atoms with Crippen LogP contribution < -0.4 is 0 Å². The fourth-order valence-corrected chi connectivity index (χ4v) is 2.35. The number of hydrogen-bond acceptors (Lipinski definition) is 3. The van der Waals surface area contributed by atoms with Gasteiger partial charge < -0.3 is 9.30 Å². The van der Waals surface area contributed by atoms with Crippen LogP contribution in [0, 0.1) is 0 Å². The van der Waals surface area contributed by atoms with E-state index >= 15 is 0 Å². The molecule has 0 fully saturated rings. The van der Waals surface area contributed by atoms with E-state index in [0.29, 0.717) is 5.56 Å². The highest BCUT2D eigenvalue weighted by atomic mass is 16.5. The molecule has 0 unspecified atom stereocenters. The normalized spacial score (nSPS) is 9.42. The maximum Gasteiger partial charge on any atom is 0.338 e. The molecule has 0 saturated carbocycles. The second-order valence-corrected chi connectivity index (χ2v) is 4.63. The van der Waals surface area contributed by atoms with Crippen LogP contribution in [0.1, 0.15) is 38.1 Å². The molecule has 0 spiro atoms. The van der Waals surface area contributed by atoms with Crippen LogP contribution in [-0.4, -0.2) is 22.6 Å². The van der Waals surface area contributed by atoms with Crippen LogP contribution in [0.4, 0.5) is 0 Å². The highest BCUT2D eigenvalue weighted by Gasteiger charge is 2.16. The summed E-state index contributed by atoms with van der Waals surface area (Å²) in [6, 6.07) is 11.8. The van der Waals surface area contributed by atoms with E-state index in [1.54, 1.807) is 12.5 Å². The van der Waals surface area contributed by atoms with Gasteiger partial charge in [0.1, 0.15) is 0 Å². The van der Waals surface area contributed by atoms with E-state index in [4.69, 9.17) is 4.74 Å². The third-order valence-electron chi connectivity index (χ3n) is 3.38. The quantitative estimate of drug-likeness (QED) is 0.617. The van der Waals surface area contributed by atoms with Gasteiger partial charge in [0.2, 0.25) is 0 Å². The molecule has 0 saturated heterocycles. The third kappa shape index (κ3) is 4.02. The number of aromatic nitrogens is 2. The smallest absolute Gasteiger partial charge is 0.338 e. The van der Waals surface area contributed by atoms with Crippen molar-refractivity contribution in [2.45, 2.75) is 27.7 Å². The highest BCUT2D eigenvalue weighted by molar-refractivity contribution is 6.02. The molecule has 4 nitrogen and oxygen atoms in total. The summed E-state index contributed by atoms with van der Waals surface area (Å²) in [5.41, 5.74) is 2.27. The van der Waals surface area contributed by atoms with Gasteiger partial charge in [0.25, 0.3) is 0 Å². The van der Waals surface area contributed by atoms with Gasteiger partial charge >= 0.3 is 5.97 Å². The van der Waals surface area contributed by atoms with Crippen molar-refractivity contribution in [2.24, 2.45) is 7.05 Å². The third-order valence-corrected chi connectivity index (χ3v) is 3.38. The number of nitrogens with zero attached hydrogens (tertiary/aromatic N) is 2. The van der Waals surface area contributed by atoms with Crippen molar-refractivity contribution in [2.75, 3.05) is 7.11 Å². The van der Waals surface area contributed by atoms with Gasteiger partial charge in [0.05, 0.1) is 30.9 Å². The number of esters is 1. The Hall–Kier alpha value is -2.62. The lowest BCUT2D eigenvalue weighted by Gasteiger charge is -2.10. The lowest BCUT2D eigenvalue weighted by Crippen LogP contribution is -2.05. The van der Waals surface area contributed by atoms with Gasteiger partial charge in [-0.1, -0.05) is 52.0 Å². The Morgan fingerprint density at radius 1 is 1.04 bits per heavy atom. The van der Waals surface area contributed by atoms with Crippen molar-refractivity contribution in [1.82, 2.24) is 9.55 Å². The van der Waals surface area contributed by atoms with Crippen molar-refractivity contribution in [1.29, 1.82) is 0 Å². The van der Waals surface area contributed by atoms with Crippen LogP contribution >= 0.6 is 0 Å². The zero-order valence-electron chi connectivity index (χ0n) is 15.3. The van der Waals surface area contributed by atoms with E-state index in [2.05, 4.69) is 4.98 Å². The van der Waals surface area contributed by atoms with Gasteiger partial charge in [0, 0.05) is 12.6 Å². The summed E-state index contributed by atoms with van der Waals surface area (Å²) >= 11 is 0. The van der Waals surface area contributed by atoms with Gasteiger partial charge in [-0.15, -0.1) is 0 Å². The Kier molecular flexibility index (Phi) is 7.69. The molecule has 4 heteroatoms. The fraction of sp³-hybridized carbons (Fsp3) is 0.300. The summed E-state index contributed by atoms with van der Waals surface area (Å²) in [5, 5.41) is 2.09. The molecule has 0 aliphatic heterocycles. The van der Waals surface area contributed by atoms with Crippen LogP contribution in [0.15, 0.2) is 48.9 Å². The molecule has 0 radical (unpaired) electrons. The van der Waals surface area contributed by atoms with E-state index in [1.807, 2.05) is 75.7 Å². The summed E-state index contributed by atoms with van der Waals surface area (Å²) < 4.78 is 6.78. The molecule has 2 aromatic carbocycles. The first kappa shape index (κ1) is 19.4. The van der Waals surface area contributed by atoms with Crippen molar-refractivity contribution < 1.29 is 9.53 Å². The van der Waals surface area contributed by atoms with E-state index < -0.39 is 0 Å². The van der Waals surface area contributed by atoms with Gasteiger partial charge in [-0.25, -0.2) is 9.78 Å². The number of carbonyl (C=O) groups is 1. The maximum absolute atomic E-state index is 12.0. The predicted octanol–water partition coefficient (Wildman–Crippen LogP) is 5.08. The minimum absolute atomic E-state index is 0.341. The molecule has 3 aromatic rings. The standard InChI is InChI=1S/C16H14N2O2.2C2H6/c1-18-10-17-9-15(18)13-7-11-5-3-4-6-12(11)8-14(13)16(19)20-2;2*1-2/h3-10H,1-2H3;2*1-2H3. The predicted molar refractivity (Wildman–Crippen MR) is 100 cm³/mol. The van der Waals surface area contributed by atoms with Crippen molar-refractivity contribution in [3.05, 3.63) is 54.5 Å². The average Bonchev–Trinajstić information content (AvgIpc) is 3.09. The van der Waals surface area contributed by atoms with Crippen LogP contribution in [0.2, 0.25) is 0 Å². The van der Waals surface area contributed by atoms with E-state index in [9.17, 15) is 4.79 Å². The number of hydrogen-bond donors (Lipinski definition) is 0. The topological polar surface area (TPSA) is 44.1 Å². The first-order valence-electron chi connectivity index (χ1n) is 8.28. The largest absolute Gasteiger partial charge is 0.465 e. The summed E-state index contributed by atoms with van der Waals surface area (Å²) in [4.78, 5) is 16.1. The Morgan fingerprint density at radius 2 is 1.62 bits per heavy atom. The van der Waals surface area contributed by atoms with Gasteiger partial charge in [-0.2, -0.15) is 0 Å². The molecule has 0 amide bonds. The first-order chi connectivity index (χ1) is 11.7. The van der Waals surface area contributed by atoms with E-state index in [1.165, 1.54) is 7.11 Å². The number of aryl methyl sites for hydroxylation is 1.